The molecule has 12 bridgehead atoms. The molecule has 12 aromatic rings. The molecule has 0 spiro atoms. The maximum Gasteiger partial charge on any atom is 0.356 e. The van der Waals surface area contributed by atoms with E-state index in [0.29, 0.717) is 50.8 Å². The number of hydrogen-bond donors (Lipinski definition) is 3. The van der Waals surface area contributed by atoms with Gasteiger partial charge in [-0.25, -0.2) is 57.8 Å². The van der Waals surface area contributed by atoms with Gasteiger partial charge in [0.1, 0.15) is 0 Å². The van der Waals surface area contributed by atoms with E-state index in [1.165, 1.54) is 105 Å². The molecule has 3 heterocycles. The van der Waals surface area contributed by atoms with Gasteiger partial charge in [0.2, 0.25) is 0 Å². The van der Waals surface area contributed by atoms with Gasteiger partial charge in [-0.1, -0.05) is 263 Å². The van der Waals surface area contributed by atoms with Crippen molar-refractivity contribution in [3.05, 3.63) is 280 Å². The molecule has 28 rings (SSSR count). The van der Waals surface area contributed by atoms with Crippen LogP contribution in [0, 0.1) is 0 Å². The molecule has 0 radical (unpaired) electrons. The summed E-state index contributed by atoms with van der Waals surface area (Å²) in [6, 6.07) is 64.3. The second kappa shape index (κ2) is 30.7. The Bertz CT molecular complexity index is 4630. The Labute approximate surface area is 576 Å². The number of unbranched alkanes of at least 4 members (excludes halogenated alkanes) is 15. The van der Waals surface area contributed by atoms with Crippen molar-refractivity contribution < 1.29 is 0 Å². The first-order valence-electron chi connectivity index (χ1n) is 35.8. The highest BCUT2D eigenvalue weighted by Gasteiger charge is 2.23. The van der Waals surface area contributed by atoms with Crippen molar-refractivity contribution in [1.29, 1.82) is 0 Å². The van der Waals surface area contributed by atoms with Crippen molar-refractivity contribution in [3.8, 4) is 101 Å². The molecule has 16 aliphatic carbocycles. The third-order valence-electron chi connectivity index (χ3n) is 19.7. The van der Waals surface area contributed by atoms with Crippen LogP contribution >= 0.6 is 0 Å². The predicted octanol–water partition coefficient (Wildman–Crippen LogP) is 17.6. The Morgan fingerprint density at radius 2 is 0.465 bits per heavy atom. The minimum Gasteiger partial charge on any atom is -0.246 e. The standard InChI is InChI=1S/C84H87N9O6/c1-4-7-10-13-16-19-22-58-25-46-70(47-26-58)88-79(94)85-91(82(88)97)76-55-67-43-52-73(76)64-37-31-62(32-38-64)68-44-53-75(77(56-68)92-83(98)89(80(95)86-92)71-48-27-59(28-49-71)23-20-17-14-11-8-5-2)66-41-35-63(36-42-66)69-45-54-74(65-39-33-61(67)34-40-65)78(57-69)93-84(99)90(81(96)87-93)72-50-29-60(30-51-72)24-21-18-15-12-9-6-3/h25-57H,4-24H2,1-3H3,(H,85,94)(H,86,95)(H,87,96). The van der Waals surface area contributed by atoms with Crippen LogP contribution in [0.3, 0.4) is 0 Å². The van der Waals surface area contributed by atoms with E-state index in [4.69, 9.17) is 0 Å². The Kier molecular flexibility index (Phi) is 20.7. The van der Waals surface area contributed by atoms with Crippen molar-refractivity contribution >= 4 is 0 Å². The normalized spacial score (nSPS) is 11.7. The van der Waals surface area contributed by atoms with Crippen LogP contribution in [-0.4, -0.2) is 43.0 Å². The van der Waals surface area contributed by atoms with Crippen LogP contribution in [-0.2, 0) is 19.3 Å². The van der Waals surface area contributed by atoms with Crippen LogP contribution in [0.25, 0.3) is 101 Å². The average Bonchev–Trinajstić information content (AvgIpc) is 1.75. The van der Waals surface area contributed by atoms with E-state index < -0.39 is 34.1 Å². The second-order valence-electron chi connectivity index (χ2n) is 26.6. The van der Waals surface area contributed by atoms with Crippen molar-refractivity contribution in [2.24, 2.45) is 0 Å². The summed E-state index contributed by atoms with van der Waals surface area (Å²) in [5.41, 5.74) is 11.7. The first kappa shape index (κ1) is 66.8. The Morgan fingerprint density at radius 3 is 0.717 bits per heavy atom. The first-order valence-corrected chi connectivity index (χ1v) is 35.8. The van der Waals surface area contributed by atoms with Gasteiger partial charge >= 0.3 is 34.1 Å². The summed E-state index contributed by atoms with van der Waals surface area (Å²) >= 11 is 0. The molecule has 0 unspecified atom stereocenters. The number of nitrogens with zero attached hydrogens (tertiary/aromatic N) is 6. The molecular formula is C84H87N9O6. The zero-order valence-corrected chi connectivity index (χ0v) is 57.0. The molecule has 15 nitrogen and oxygen atoms in total. The lowest BCUT2D eigenvalue weighted by Gasteiger charge is -2.16. The van der Waals surface area contributed by atoms with E-state index in [-0.39, 0.29) is 0 Å². The maximum absolute atomic E-state index is 14.9. The topological polar surface area (TPSA) is 179 Å². The molecule has 0 amide bonds. The van der Waals surface area contributed by atoms with Crippen LogP contribution in [0.4, 0.5) is 0 Å². The lowest BCUT2D eigenvalue weighted by molar-refractivity contribution is 0.607. The van der Waals surface area contributed by atoms with Gasteiger partial charge < -0.3 is 0 Å². The molecule has 0 fully saturated rings. The number of aryl methyl sites for hydroxylation is 3. The Hall–Kier alpha value is -10.8. The van der Waals surface area contributed by atoms with Gasteiger partial charge in [-0.15, -0.1) is 0 Å². The zero-order valence-electron chi connectivity index (χ0n) is 57.0. The number of H-pyrrole nitrogens is 3. The largest absolute Gasteiger partial charge is 0.356 e. The second-order valence-corrected chi connectivity index (χ2v) is 26.6. The van der Waals surface area contributed by atoms with E-state index in [0.717, 1.165) is 125 Å². The zero-order chi connectivity index (χ0) is 68.4. The van der Waals surface area contributed by atoms with Gasteiger partial charge in [0.25, 0.3) is 0 Å². The van der Waals surface area contributed by atoms with Gasteiger partial charge in [0, 0.05) is 16.7 Å². The highest BCUT2D eigenvalue weighted by atomic mass is 16.2. The van der Waals surface area contributed by atoms with E-state index in [2.05, 4.69) is 36.1 Å². The van der Waals surface area contributed by atoms with Crippen LogP contribution < -0.4 is 34.1 Å². The van der Waals surface area contributed by atoms with Crippen molar-refractivity contribution in [1.82, 2.24) is 43.0 Å². The average molecular weight is 1320 g/mol. The monoisotopic (exact) mass is 1320 g/mol. The summed E-state index contributed by atoms with van der Waals surface area (Å²) in [6.45, 7) is 6.66. The molecule has 9 aromatic carbocycles. The number of hydrogen-bond acceptors (Lipinski definition) is 6. The maximum atomic E-state index is 14.9. The van der Waals surface area contributed by atoms with Crippen molar-refractivity contribution in [2.45, 2.75) is 156 Å². The van der Waals surface area contributed by atoms with Crippen molar-refractivity contribution in [2.75, 3.05) is 0 Å². The number of aromatic amines is 3. The fourth-order valence-corrected chi connectivity index (χ4v) is 14.0. The van der Waals surface area contributed by atoms with Gasteiger partial charge in [-0.05, 0) is 160 Å². The predicted molar refractivity (Wildman–Crippen MR) is 400 cm³/mol. The lowest BCUT2D eigenvalue weighted by Crippen LogP contribution is -2.27. The van der Waals surface area contributed by atoms with Crippen molar-refractivity contribution in [3.63, 3.8) is 0 Å². The van der Waals surface area contributed by atoms with Gasteiger partial charge in [-0.2, -0.15) is 14.0 Å². The molecule has 3 N–H and O–H groups in total. The fourth-order valence-electron chi connectivity index (χ4n) is 14.0. The SMILES string of the molecule is CCCCCCCCc1ccc(-n2c(=O)[nH]n(-c3cc4ccc3-c3ccc(cc3)-c3ccc(c(-n5[nH]c(=O)n(-c6ccc(CCCCCCCC)cc6)c5=O)c3)-c3ccc(cc3)-c3ccc(c(-n5[nH]c(=O)n(-c6ccc(CCCCCCCC)cc6)c5=O)c3)-c3ccc-4cc3)c2=O)cc1. The molecular weight excluding hydrogens is 1230 g/mol. The van der Waals surface area contributed by atoms with Gasteiger partial charge in [0.15, 0.2) is 0 Å². The summed E-state index contributed by atoms with van der Waals surface area (Å²) in [7, 11) is 0. The summed E-state index contributed by atoms with van der Waals surface area (Å²) in [5.74, 6) is 0. The fraction of sp³-hybridized carbons (Fsp3) is 0.286. The molecule has 0 saturated heterocycles. The summed E-state index contributed by atoms with van der Waals surface area (Å²) in [4.78, 5) is 87.2. The molecule has 504 valence electrons. The number of benzene rings is 9. The van der Waals surface area contributed by atoms with E-state index >= 15 is 0 Å². The molecule has 3 aromatic heterocycles. The summed E-state index contributed by atoms with van der Waals surface area (Å²) < 4.78 is 7.44. The van der Waals surface area contributed by atoms with E-state index in [1.54, 1.807) is 0 Å². The molecule has 99 heavy (non-hydrogen) atoms. The third kappa shape index (κ3) is 14.6. The van der Waals surface area contributed by atoms with Crippen LogP contribution in [0.2, 0.25) is 0 Å². The Balaban J connectivity index is 0.919. The molecule has 0 aliphatic heterocycles. The smallest absolute Gasteiger partial charge is 0.246 e. The van der Waals surface area contributed by atoms with Crippen LogP contribution in [0.5, 0.6) is 0 Å². The summed E-state index contributed by atoms with van der Waals surface area (Å²) in [6.07, 6.45) is 24.1. The third-order valence-corrected chi connectivity index (χ3v) is 19.7. The molecule has 0 saturated carbocycles. The minimum absolute atomic E-state index is 0.440. The highest BCUT2D eigenvalue weighted by Crippen LogP contribution is 2.38. The Morgan fingerprint density at radius 1 is 0.242 bits per heavy atom. The number of rotatable bonds is 27. The highest BCUT2D eigenvalue weighted by molar-refractivity contribution is 5.85. The molecule has 16 aliphatic rings. The number of nitrogens with one attached hydrogen (secondary N) is 3. The first-order chi connectivity index (χ1) is 48.5. The molecule has 0 atom stereocenters. The molecule has 15 heteroatoms. The van der Waals surface area contributed by atoms with Gasteiger partial charge in [0.05, 0.1) is 34.1 Å². The number of aromatic nitrogens is 9. The summed E-state index contributed by atoms with van der Waals surface area (Å²) in [5, 5.41) is 8.70. The van der Waals surface area contributed by atoms with Crippen LogP contribution in [0.15, 0.2) is 229 Å². The lowest BCUT2D eigenvalue weighted by atomic mass is 9.93. The van der Waals surface area contributed by atoms with Crippen LogP contribution in [0.1, 0.15) is 153 Å². The minimum atomic E-state index is -0.587. The quantitative estimate of drug-likeness (QED) is 0.0431. The van der Waals surface area contributed by atoms with E-state index in [1.807, 2.05) is 200 Å². The van der Waals surface area contributed by atoms with Gasteiger partial charge in [-0.3, -0.25) is 0 Å². The van der Waals surface area contributed by atoms with E-state index in [9.17, 15) is 28.8 Å².